The Balaban J connectivity index is 2.47. The lowest BCUT2D eigenvalue weighted by atomic mass is 10.3. The van der Waals surface area contributed by atoms with Crippen LogP contribution in [0.5, 0.6) is 5.75 Å². The van der Waals surface area contributed by atoms with Gasteiger partial charge in [0.2, 0.25) is 5.91 Å². The first kappa shape index (κ1) is 20.0. The minimum absolute atomic E-state index is 0.0326. The summed E-state index contributed by atoms with van der Waals surface area (Å²) in [6.07, 6.45) is -4.74. The first-order valence-electron chi connectivity index (χ1n) is 6.85. The second-order valence-electron chi connectivity index (χ2n) is 4.70. The molecule has 0 spiro atoms. The summed E-state index contributed by atoms with van der Waals surface area (Å²) in [6, 6.07) is 5.10. The van der Waals surface area contributed by atoms with Crippen molar-refractivity contribution in [1.82, 2.24) is 10.2 Å². The summed E-state index contributed by atoms with van der Waals surface area (Å²) >= 11 is 5.13. The van der Waals surface area contributed by atoms with Crippen LogP contribution in [0.25, 0.3) is 0 Å². The van der Waals surface area contributed by atoms with Gasteiger partial charge in [0.1, 0.15) is 5.75 Å². The van der Waals surface area contributed by atoms with Gasteiger partial charge in [-0.25, -0.2) is 0 Å². The van der Waals surface area contributed by atoms with Gasteiger partial charge in [0, 0.05) is 26.4 Å². The topological polar surface area (TPSA) is 62.8 Å². The van der Waals surface area contributed by atoms with Crippen LogP contribution in [0.4, 0.5) is 18.9 Å². The number of nitrogens with zero attached hydrogens (tertiary/aromatic N) is 1. The van der Waals surface area contributed by atoms with Crippen LogP contribution in [0.15, 0.2) is 24.3 Å². The second kappa shape index (κ2) is 9.28. The molecule has 0 aromatic heterocycles. The summed E-state index contributed by atoms with van der Waals surface area (Å²) in [6.45, 7) is 0.833. The molecule has 0 radical (unpaired) electrons. The van der Waals surface area contributed by atoms with Crippen molar-refractivity contribution in [3.8, 4) is 5.75 Å². The number of hydrogen-bond donors (Lipinski definition) is 2. The van der Waals surface area contributed by atoms with Crippen LogP contribution in [0.3, 0.4) is 0 Å². The van der Waals surface area contributed by atoms with Crippen molar-refractivity contribution >= 4 is 28.9 Å². The highest BCUT2D eigenvalue weighted by Gasteiger charge is 2.30. The van der Waals surface area contributed by atoms with E-state index in [9.17, 15) is 18.0 Å². The van der Waals surface area contributed by atoms with Crippen molar-refractivity contribution < 1.29 is 27.4 Å². The van der Waals surface area contributed by atoms with Gasteiger partial charge < -0.3 is 25.0 Å². The molecule has 0 atom stereocenters. The molecule has 1 rings (SSSR count). The quantitative estimate of drug-likeness (QED) is 0.569. The van der Waals surface area contributed by atoms with Crippen LogP contribution in [0.2, 0.25) is 0 Å². The highest BCUT2D eigenvalue weighted by atomic mass is 32.1. The van der Waals surface area contributed by atoms with Crippen LogP contribution in [0, 0.1) is 0 Å². The fourth-order valence-corrected chi connectivity index (χ4v) is 1.78. The Hall–Kier alpha value is -2.07. The Kier molecular flexibility index (Phi) is 7.72. The van der Waals surface area contributed by atoms with Gasteiger partial charge in [-0.05, 0) is 36.5 Å². The van der Waals surface area contributed by atoms with Crippen molar-refractivity contribution in [1.29, 1.82) is 0 Å². The largest absolute Gasteiger partial charge is 0.573 e. The number of benzene rings is 1. The molecule has 0 bridgehead atoms. The van der Waals surface area contributed by atoms with E-state index in [1.807, 2.05) is 0 Å². The fraction of sp³-hybridized carbons (Fsp3) is 0.429. The third-order valence-electron chi connectivity index (χ3n) is 2.69. The van der Waals surface area contributed by atoms with E-state index >= 15 is 0 Å². The highest BCUT2D eigenvalue weighted by Crippen LogP contribution is 2.23. The van der Waals surface area contributed by atoms with Gasteiger partial charge in [-0.1, -0.05) is 0 Å². The maximum absolute atomic E-state index is 12.1. The van der Waals surface area contributed by atoms with Crippen molar-refractivity contribution in [2.45, 2.75) is 6.36 Å². The average Bonchev–Trinajstić information content (AvgIpc) is 2.48. The SMILES string of the molecule is COCCNC(=O)CN(C)C(=S)Nc1ccc(OC(F)(F)F)cc1. The number of carbonyl (C=O) groups is 1. The lowest BCUT2D eigenvalue weighted by Crippen LogP contribution is -2.41. The number of thiocarbonyl (C=S) groups is 1. The van der Waals surface area contributed by atoms with Gasteiger partial charge in [0.15, 0.2) is 5.11 Å². The summed E-state index contributed by atoms with van der Waals surface area (Å²) in [4.78, 5) is 13.1. The van der Waals surface area contributed by atoms with Gasteiger partial charge in [-0.2, -0.15) is 0 Å². The minimum Gasteiger partial charge on any atom is -0.406 e. The smallest absolute Gasteiger partial charge is 0.406 e. The molecule has 2 N–H and O–H groups in total. The van der Waals surface area contributed by atoms with Crippen molar-refractivity contribution in [3.05, 3.63) is 24.3 Å². The maximum atomic E-state index is 12.1. The third-order valence-corrected chi connectivity index (χ3v) is 3.11. The molecule has 0 aliphatic rings. The van der Waals surface area contributed by atoms with Crippen LogP contribution >= 0.6 is 12.2 Å². The Morgan fingerprint density at radius 3 is 2.46 bits per heavy atom. The molecule has 24 heavy (non-hydrogen) atoms. The van der Waals surface area contributed by atoms with Crippen LogP contribution < -0.4 is 15.4 Å². The molecule has 1 aromatic carbocycles. The number of methoxy groups -OCH3 is 1. The van der Waals surface area contributed by atoms with E-state index in [0.29, 0.717) is 18.8 Å². The Bertz CT molecular complexity index is 552. The van der Waals surface area contributed by atoms with E-state index in [1.54, 1.807) is 7.05 Å². The van der Waals surface area contributed by atoms with Crippen molar-refractivity contribution in [2.75, 3.05) is 39.2 Å². The highest BCUT2D eigenvalue weighted by molar-refractivity contribution is 7.80. The van der Waals surface area contributed by atoms with Crippen LogP contribution in [-0.2, 0) is 9.53 Å². The number of amides is 1. The minimum atomic E-state index is -4.74. The summed E-state index contributed by atoms with van der Waals surface area (Å²) < 4.78 is 44.8. The van der Waals surface area contributed by atoms with Crippen LogP contribution in [-0.4, -0.2) is 56.1 Å². The zero-order valence-corrected chi connectivity index (χ0v) is 14.0. The zero-order chi connectivity index (χ0) is 18.2. The molecule has 1 aromatic rings. The number of likely N-dealkylation sites (N-methyl/N-ethyl adjacent to an activating group) is 1. The van der Waals surface area contributed by atoms with E-state index in [2.05, 4.69) is 15.4 Å². The zero-order valence-electron chi connectivity index (χ0n) is 13.1. The number of rotatable bonds is 7. The third kappa shape index (κ3) is 7.97. The maximum Gasteiger partial charge on any atom is 0.573 e. The van der Waals surface area contributed by atoms with Gasteiger partial charge in [-0.3, -0.25) is 4.79 Å². The summed E-state index contributed by atoms with van der Waals surface area (Å²) in [5, 5.41) is 5.72. The second-order valence-corrected chi connectivity index (χ2v) is 5.09. The molecular weight excluding hydrogens is 347 g/mol. The van der Waals surface area contributed by atoms with Gasteiger partial charge in [0.05, 0.1) is 13.2 Å². The molecule has 0 unspecified atom stereocenters. The molecule has 0 aliphatic carbocycles. The predicted octanol–water partition coefficient (Wildman–Crippen LogP) is 1.98. The number of carbonyl (C=O) groups excluding carboxylic acids is 1. The number of ether oxygens (including phenoxy) is 2. The molecule has 1 amide bonds. The first-order valence-corrected chi connectivity index (χ1v) is 7.25. The molecule has 0 aliphatic heterocycles. The molecule has 0 saturated carbocycles. The summed E-state index contributed by atoms with van der Waals surface area (Å²) in [7, 11) is 3.15. The van der Waals surface area contributed by atoms with Gasteiger partial charge >= 0.3 is 6.36 Å². The number of halogens is 3. The van der Waals surface area contributed by atoms with E-state index < -0.39 is 6.36 Å². The fourth-order valence-electron chi connectivity index (χ4n) is 1.59. The lowest BCUT2D eigenvalue weighted by Gasteiger charge is -2.20. The first-order chi connectivity index (χ1) is 11.2. The van der Waals surface area contributed by atoms with Crippen molar-refractivity contribution in [2.24, 2.45) is 0 Å². The van der Waals surface area contributed by atoms with E-state index in [-0.39, 0.29) is 23.3 Å². The van der Waals surface area contributed by atoms with E-state index in [4.69, 9.17) is 17.0 Å². The standard InChI is InChI=1S/C14H18F3N3O3S/c1-20(9-12(21)18-7-8-22-2)13(24)19-10-3-5-11(6-4-10)23-14(15,16)17/h3-6H,7-9H2,1-2H3,(H,18,21)(H,19,24). The Morgan fingerprint density at radius 1 is 1.29 bits per heavy atom. The molecule has 6 nitrogen and oxygen atoms in total. The molecule has 0 fully saturated rings. The average molecular weight is 365 g/mol. The molecule has 10 heteroatoms. The predicted molar refractivity (Wildman–Crippen MR) is 86.9 cm³/mol. The van der Waals surface area contributed by atoms with E-state index in [1.165, 1.54) is 24.1 Å². The molecular formula is C14H18F3N3O3S. The Labute approximate surface area is 142 Å². The van der Waals surface area contributed by atoms with Gasteiger partial charge in [0.25, 0.3) is 0 Å². The normalized spacial score (nSPS) is 10.9. The number of anilines is 1. The monoisotopic (exact) mass is 365 g/mol. The number of alkyl halides is 3. The molecule has 0 saturated heterocycles. The van der Waals surface area contributed by atoms with Crippen LogP contribution in [0.1, 0.15) is 0 Å². The molecule has 0 heterocycles. The van der Waals surface area contributed by atoms with E-state index in [0.717, 1.165) is 12.1 Å². The summed E-state index contributed by atoms with van der Waals surface area (Å²) in [5.41, 5.74) is 0.473. The Morgan fingerprint density at radius 2 is 1.92 bits per heavy atom. The lowest BCUT2D eigenvalue weighted by molar-refractivity contribution is -0.274. The van der Waals surface area contributed by atoms with Gasteiger partial charge in [-0.15, -0.1) is 13.2 Å². The van der Waals surface area contributed by atoms with Crippen molar-refractivity contribution in [3.63, 3.8) is 0 Å². The molecule has 134 valence electrons. The number of hydrogen-bond acceptors (Lipinski definition) is 4. The number of nitrogens with one attached hydrogen (secondary N) is 2. The summed E-state index contributed by atoms with van der Waals surface area (Å²) in [5.74, 6) is -0.558.